The van der Waals surface area contributed by atoms with E-state index in [4.69, 9.17) is 4.74 Å². The topological polar surface area (TPSA) is 63.8 Å². The minimum absolute atomic E-state index is 0.312. The van der Waals surface area contributed by atoms with Gasteiger partial charge in [0.05, 0.1) is 11.5 Å². The molecule has 6 atom stereocenters. The second kappa shape index (κ2) is 6.42. The summed E-state index contributed by atoms with van der Waals surface area (Å²) in [5.74, 6) is 0. The number of hydrazine groups is 2. The van der Waals surface area contributed by atoms with Crippen molar-refractivity contribution in [2.75, 3.05) is 19.8 Å². The van der Waals surface area contributed by atoms with Crippen LogP contribution in [0.3, 0.4) is 0 Å². The Balaban J connectivity index is 1.20. The lowest BCUT2D eigenvalue weighted by Crippen LogP contribution is -2.54. The van der Waals surface area contributed by atoms with Crippen LogP contribution in [0.15, 0.2) is 0 Å². The van der Waals surface area contributed by atoms with E-state index in [1.54, 1.807) is 0 Å². The highest BCUT2D eigenvalue weighted by atomic mass is 32.2. The van der Waals surface area contributed by atoms with Crippen molar-refractivity contribution in [2.45, 2.75) is 73.8 Å². The highest BCUT2D eigenvalue weighted by Gasteiger charge is 2.46. The number of hydrogen-bond acceptors (Lipinski definition) is 8. The molecule has 6 unspecified atom stereocenters. The molecule has 4 N–H and O–H groups in total. The lowest BCUT2D eigenvalue weighted by molar-refractivity contribution is 0.0569. The molecule has 5 fully saturated rings. The van der Waals surface area contributed by atoms with Crippen molar-refractivity contribution in [1.29, 1.82) is 0 Å². The van der Waals surface area contributed by atoms with Crippen LogP contribution in [-0.4, -0.2) is 65.0 Å². The molecule has 23 heavy (non-hydrogen) atoms. The number of hydrogen-bond donors (Lipinski definition) is 4. The van der Waals surface area contributed by atoms with Crippen LogP contribution >= 0.6 is 11.8 Å². The van der Waals surface area contributed by atoms with Crippen LogP contribution in [0.25, 0.3) is 0 Å². The summed E-state index contributed by atoms with van der Waals surface area (Å²) in [5.41, 5.74) is 10.9. The van der Waals surface area contributed by atoms with Gasteiger partial charge in [-0.3, -0.25) is 10.2 Å². The zero-order chi connectivity index (χ0) is 15.2. The number of nitrogens with one attached hydrogen (secondary N) is 4. The van der Waals surface area contributed by atoms with E-state index in [1.807, 2.05) is 11.8 Å². The van der Waals surface area contributed by atoms with Crippen LogP contribution in [0.5, 0.6) is 0 Å². The Morgan fingerprint density at radius 1 is 1.09 bits per heavy atom. The van der Waals surface area contributed by atoms with Gasteiger partial charge in [-0.15, -0.1) is 11.8 Å². The standard InChI is InChI=1S/C15H28N6OS/c1-2-5-11-10(4-1)16-9-20(11)8-13-17-18-15-21(13)19-14(23-15)12-6-3-7-22-12/h10-19H,1-9H2. The fourth-order valence-corrected chi connectivity index (χ4v) is 6.07. The van der Waals surface area contributed by atoms with E-state index in [-0.39, 0.29) is 0 Å². The Hall–Kier alpha value is 0.0700. The van der Waals surface area contributed by atoms with Crippen molar-refractivity contribution >= 4 is 11.8 Å². The van der Waals surface area contributed by atoms with Gasteiger partial charge in [0.2, 0.25) is 0 Å². The Morgan fingerprint density at radius 3 is 2.96 bits per heavy atom. The molecule has 1 aliphatic carbocycles. The van der Waals surface area contributed by atoms with Gasteiger partial charge in [0, 0.05) is 31.9 Å². The maximum Gasteiger partial charge on any atom is 0.137 e. The predicted octanol–water partition coefficient (Wildman–Crippen LogP) is -0.0637. The lowest BCUT2D eigenvalue weighted by atomic mass is 9.91. The van der Waals surface area contributed by atoms with Crippen molar-refractivity contribution < 1.29 is 4.74 Å². The van der Waals surface area contributed by atoms with E-state index in [0.717, 1.165) is 31.9 Å². The molecule has 8 heteroatoms. The summed E-state index contributed by atoms with van der Waals surface area (Å²) in [6, 6.07) is 1.45. The zero-order valence-corrected chi connectivity index (χ0v) is 14.4. The smallest absolute Gasteiger partial charge is 0.137 e. The highest BCUT2D eigenvalue weighted by molar-refractivity contribution is 8.00. The molecular formula is C15H28N6OS. The summed E-state index contributed by atoms with van der Waals surface area (Å²) in [6.07, 6.45) is 8.54. The van der Waals surface area contributed by atoms with Crippen molar-refractivity contribution in [1.82, 2.24) is 31.5 Å². The Bertz CT molecular complexity index is 436. The first-order valence-corrected chi connectivity index (χ1v) is 10.1. The van der Waals surface area contributed by atoms with Crippen molar-refractivity contribution in [3.05, 3.63) is 0 Å². The lowest BCUT2D eigenvalue weighted by Gasteiger charge is -2.33. The monoisotopic (exact) mass is 340 g/mol. The fourth-order valence-electron chi connectivity index (χ4n) is 4.75. The second-order valence-corrected chi connectivity index (χ2v) is 8.62. The number of nitrogens with zero attached hydrogens (tertiary/aromatic N) is 2. The first kappa shape index (κ1) is 15.3. The minimum atomic E-state index is 0.312. The third-order valence-corrected chi connectivity index (χ3v) is 7.28. The molecule has 7 nitrogen and oxygen atoms in total. The molecule has 0 bridgehead atoms. The van der Waals surface area contributed by atoms with E-state index in [1.165, 1.54) is 38.5 Å². The van der Waals surface area contributed by atoms with Gasteiger partial charge in [0.25, 0.3) is 0 Å². The van der Waals surface area contributed by atoms with Gasteiger partial charge < -0.3 is 4.74 Å². The van der Waals surface area contributed by atoms with E-state index in [2.05, 4.69) is 31.5 Å². The number of thioether (sulfide) groups is 1. The molecule has 4 heterocycles. The van der Waals surface area contributed by atoms with Crippen molar-refractivity contribution in [3.63, 3.8) is 0 Å². The van der Waals surface area contributed by atoms with Crippen LogP contribution in [0.1, 0.15) is 38.5 Å². The average molecular weight is 340 g/mol. The largest absolute Gasteiger partial charge is 0.376 e. The molecule has 4 saturated heterocycles. The summed E-state index contributed by atoms with van der Waals surface area (Å²) >= 11 is 1.95. The molecule has 0 aromatic heterocycles. The summed E-state index contributed by atoms with van der Waals surface area (Å²) in [4.78, 5) is 2.64. The second-order valence-electron chi connectivity index (χ2n) is 7.39. The van der Waals surface area contributed by atoms with Gasteiger partial charge in [-0.1, -0.05) is 12.8 Å². The molecule has 5 aliphatic rings. The minimum Gasteiger partial charge on any atom is -0.376 e. The van der Waals surface area contributed by atoms with Gasteiger partial charge in [0.15, 0.2) is 0 Å². The van der Waals surface area contributed by atoms with Crippen LogP contribution in [-0.2, 0) is 4.74 Å². The van der Waals surface area contributed by atoms with E-state index in [0.29, 0.717) is 23.1 Å². The molecule has 0 amide bonds. The number of ether oxygens (including phenoxy) is 1. The zero-order valence-electron chi connectivity index (χ0n) is 13.5. The van der Waals surface area contributed by atoms with E-state index in [9.17, 15) is 0 Å². The molecule has 0 aromatic carbocycles. The summed E-state index contributed by atoms with van der Waals surface area (Å²) in [7, 11) is 0. The van der Waals surface area contributed by atoms with Crippen LogP contribution in [0.4, 0.5) is 0 Å². The SMILES string of the molecule is C1CCC2C(C1)NCN2CC1NNC2SC(C3CCCO3)NN12. The third kappa shape index (κ3) is 2.83. The van der Waals surface area contributed by atoms with E-state index < -0.39 is 0 Å². The van der Waals surface area contributed by atoms with Gasteiger partial charge >= 0.3 is 0 Å². The fraction of sp³-hybridized carbons (Fsp3) is 1.00. The Labute approximate surface area is 142 Å². The maximum atomic E-state index is 5.86. The van der Waals surface area contributed by atoms with Gasteiger partial charge in [-0.25, -0.2) is 16.3 Å². The third-order valence-electron chi connectivity index (χ3n) is 5.98. The first-order valence-electron chi connectivity index (χ1n) is 9.18. The van der Waals surface area contributed by atoms with Crippen molar-refractivity contribution in [3.8, 4) is 0 Å². The quantitative estimate of drug-likeness (QED) is 0.570. The number of fused-ring (bicyclic) bond motifs is 2. The average Bonchev–Trinajstić information content (AvgIpc) is 3.32. The molecule has 0 aromatic rings. The Morgan fingerprint density at radius 2 is 2.04 bits per heavy atom. The van der Waals surface area contributed by atoms with Crippen molar-refractivity contribution in [2.24, 2.45) is 0 Å². The molecule has 0 radical (unpaired) electrons. The first-order chi connectivity index (χ1) is 11.4. The molecule has 5 rings (SSSR count). The van der Waals surface area contributed by atoms with Gasteiger partial charge in [0.1, 0.15) is 11.7 Å². The molecule has 4 aliphatic heterocycles. The predicted molar refractivity (Wildman–Crippen MR) is 89.9 cm³/mol. The van der Waals surface area contributed by atoms with Gasteiger partial charge in [-0.2, -0.15) is 5.01 Å². The van der Waals surface area contributed by atoms with Crippen LogP contribution < -0.4 is 21.6 Å². The molecule has 130 valence electrons. The maximum absolute atomic E-state index is 5.86. The van der Waals surface area contributed by atoms with Gasteiger partial charge in [-0.05, 0) is 25.7 Å². The normalized spacial score (nSPS) is 48.0. The van der Waals surface area contributed by atoms with Crippen LogP contribution in [0, 0.1) is 0 Å². The molecule has 1 saturated carbocycles. The van der Waals surface area contributed by atoms with E-state index >= 15 is 0 Å². The molecule has 0 spiro atoms. The highest BCUT2D eigenvalue weighted by Crippen LogP contribution is 2.35. The van der Waals surface area contributed by atoms with Crippen LogP contribution in [0.2, 0.25) is 0 Å². The Kier molecular flexibility index (Phi) is 4.28. The summed E-state index contributed by atoms with van der Waals surface area (Å²) < 4.78 is 5.86. The number of rotatable bonds is 3. The molecular weight excluding hydrogens is 312 g/mol. The summed E-state index contributed by atoms with van der Waals surface area (Å²) in [5, 5.41) is 6.47. The summed E-state index contributed by atoms with van der Waals surface area (Å²) in [6.45, 7) is 3.02.